The van der Waals surface area contributed by atoms with E-state index in [-0.39, 0.29) is 17.5 Å². The summed E-state index contributed by atoms with van der Waals surface area (Å²) in [6.07, 6.45) is 4.55. The number of nitrogens with zero attached hydrogens (tertiary/aromatic N) is 4. The fraction of sp³-hybridized carbons (Fsp3) is 0.333. The number of carbonyl (C=O) groups is 1. The number of carbonyl (C=O) groups excluding carboxylic acids is 1. The van der Waals surface area contributed by atoms with E-state index in [2.05, 4.69) is 22.0 Å². The molecule has 1 aliphatic carbocycles. The number of benzene rings is 1. The van der Waals surface area contributed by atoms with Gasteiger partial charge in [-0.25, -0.2) is 13.9 Å². The predicted octanol–water partition coefficient (Wildman–Crippen LogP) is 3.13. The molecule has 0 fully saturated rings. The van der Waals surface area contributed by atoms with Crippen LogP contribution >= 0.6 is 0 Å². The zero-order valence-corrected chi connectivity index (χ0v) is 13.4. The third kappa shape index (κ3) is 2.58. The van der Waals surface area contributed by atoms with E-state index in [1.54, 1.807) is 22.8 Å². The van der Waals surface area contributed by atoms with Gasteiger partial charge in [0.2, 0.25) is 0 Å². The smallest absolute Gasteiger partial charge is 0.252 e. The Kier molecular flexibility index (Phi) is 3.59. The first-order chi connectivity index (χ1) is 11.6. The average molecular weight is 324 g/mol. The van der Waals surface area contributed by atoms with Crippen LogP contribution in [-0.4, -0.2) is 25.4 Å². The molecule has 4 rings (SSSR count). The molecular weight excluding hydrogens is 307 g/mol. The summed E-state index contributed by atoms with van der Waals surface area (Å²) in [5, 5.41) is 4.38. The van der Waals surface area contributed by atoms with Crippen molar-refractivity contribution in [3.8, 4) is 0 Å². The van der Waals surface area contributed by atoms with Crippen LogP contribution in [0.4, 0.5) is 4.39 Å². The van der Waals surface area contributed by atoms with Crippen molar-refractivity contribution in [2.45, 2.75) is 38.5 Å². The van der Waals surface area contributed by atoms with E-state index in [0.717, 1.165) is 29.9 Å². The highest BCUT2D eigenvalue weighted by Crippen LogP contribution is 2.32. The van der Waals surface area contributed by atoms with Crippen molar-refractivity contribution < 1.29 is 9.18 Å². The van der Waals surface area contributed by atoms with Gasteiger partial charge in [-0.15, -0.1) is 5.10 Å². The van der Waals surface area contributed by atoms with Crippen molar-refractivity contribution in [3.05, 3.63) is 58.9 Å². The molecule has 0 spiro atoms. The summed E-state index contributed by atoms with van der Waals surface area (Å²) >= 11 is 0. The van der Waals surface area contributed by atoms with Crippen molar-refractivity contribution in [2.75, 3.05) is 0 Å². The number of Topliss-reactive ketones (excluding diaryl/α,β-unsaturated/α-hetero) is 1. The van der Waals surface area contributed by atoms with Crippen LogP contribution < -0.4 is 0 Å². The number of halogens is 1. The van der Waals surface area contributed by atoms with Crippen LogP contribution in [0.3, 0.4) is 0 Å². The number of aromatic nitrogens is 4. The second kappa shape index (κ2) is 5.78. The number of rotatable bonds is 3. The summed E-state index contributed by atoms with van der Waals surface area (Å²) in [5.41, 5.74) is 2.34. The molecule has 0 saturated heterocycles. The Labute approximate surface area is 138 Å². The number of hydrogen-bond donors (Lipinski definition) is 0. The van der Waals surface area contributed by atoms with E-state index < -0.39 is 0 Å². The van der Waals surface area contributed by atoms with Crippen molar-refractivity contribution in [3.63, 3.8) is 0 Å². The van der Waals surface area contributed by atoms with Gasteiger partial charge >= 0.3 is 0 Å². The van der Waals surface area contributed by atoms with Crippen LogP contribution in [0.2, 0.25) is 0 Å². The van der Waals surface area contributed by atoms with Crippen LogP contribution in [0, 0.1) is 5.82 Å². The fourth-order valence-electron chi connectivity index (χ4n) is 3.23. The molecule has 2 heterocycles. The Morgan fingerprint density at radius 2 is 2.00 bits per heavy atom. The van der Waals surface area contributed by atoms with Gasteiger partial charge in [0.25, 0.3) is 5.78 Å². The average Bonchev–Trinajstić information content (AvgIpc) is 2.95. The lowest BCUT2D eigenvalue weighted by Gasteiger charge is -2.23. The number of fused-ring (bicyclic) bond motifs is 2. The monoisotopic (exact) mass is 324 g/mol. The first kappa shape index (κ1) is 14.9. The molecule has 2 aromatic heterocycles. The Hall–Kier alpha value is -2.63. The highest BCUT2D eigenvalue weighted by Gasteiger charge is 2.28. The minimum absolute atomic E-state index is 0.0265. The SMILES string of the molecule is CCCc1nc2nc3c(cn2n1)C(=O)CC(c1ccc(F)cc1)C3. The highest BCUT2D eigenvalue weighted by molar-refractivity contribution is 5.98. The summed E-state index contributed by atoms with van der Waals surface area (Å²) < 4.78 is 14.7. The summed E-state index contributed by atoms with van der Waals surface area (Å²) in [4.78, 5) is 21.5. The summed E-state index contributed by atoms with van der Waals surface area (Å²) in [5.74, 6) is 1.08. The van der Waals surface area contributed by atoms with Gasteiger partial charge in [-0.05, 0) is 36.5 Å². The topological polar surface area (TPSA) is 60.1 Å². The molecule has 3 aromatic rings. The summed E-state index contributed by atoms with van der Waals surface area (Å²) in [6, 6.07) is 6.35. The van der Waals surface area contributed by atoms with E-state index in [1.807, 2.05) is 0 Å². The number of hydrogen-bond acceptors (Lipinski definition) is 4. The molecule has 1 atom stereocenters. The molecule has 5 nitrogen and oxygen atoms in total. The molecule has 24 heavy (non-hydrogen) atoms. The molecule has 1 aliphatic rings. The molecule has 1 aromatic carbocycles. The molecule has 6 heteroatoms. The lowest BCUT2D eigenvalue weighted by atomic mass is 9.82. The molecule has 0 saturated carbocycles. The highest BCUT2D eigenvalue weighted by atomic mass is 19.1. The van der Waals surface area contributed by atoms with E-state index in [1.165, 1.54) is 12.1 Å². The van der Waals surface area contributed by atoms with Gasteiger partial charge in [-0.2, -0.15) is 4.98 Å². The second-order valence-corrected chi connectivity index (χ2v) is 6.20. The summed E-state index contributed by atoms with van der Waals surface area (Å²) in [6.45, 7) is 2.07. The van der Waals surface area contributed by atoms with Crippen molar-refractivity contribution in [1.29, 1.82) is 0 Å². The van der Waals surface area contributed by atoms with Crippen LogP contribution in [0.1, 0.15) is 53.1 Å². The molecule has 122 valence electrons. The lowest BCUT2D eigenvalue weighted by molar-refractivity contribution is 0.0962. The largest absolute Gasteiger partial charge is 0.294 e. The molecule has 0 radical (unpaired) electrons. The lowest BCUT2D eigenvalue weighted by Crippen LogP contribution is -2.21. The van der Waals surface area contributed by atoms with Crippen molar-refractivity contribution in [2.24, 2.45) is 0 Å². The normalized spacial score (nSPS) is 17.2. The van der Waals surface area contributed by atoms with Gasteiger partial charge in [-0.1, -0.05) is 19.1 Å². The Morgan fingerprint density at radius 1 is 1.21 bits per heavy atom. The van der Waals surface area contributed by atoms with Crippen LogP contribution in [-0.2, 0) is 12.8 Å². The van der Waals surface area contributed by atoms with Crippen molar-refractivity contribution >= 4 is 11.6 Å². The molecule has 1 unspecified atom stereocenters. The number of aryl methyl sites for hydroxylation is 1. The van der Waals surface area contributed by atoms with Crippen LogP contribution in [0.25, 0.3) is 5.78 Å². The molecule has 0 aliphatic heterocycles. The molecule has 0 bridgehead atoms. The van der Waals surface area contributed by atoms with Gasteiger partial charge in [-0.3, -0.25) is 4.79 Å². The van der Waals surface area contributed by atoms with Crippen LogP contribution in [0.5, 0.6) is 0 Å². The van der Waals surface area contributed by atoms with E-state index in [4.69, 9.17) is 0 Å². The Morgan fingerprint density at radius 3 is 2.75 bits per heavy atom. The molecule has 0 N–H and O–H groups in total. The van der Waals surface area contributed by atoms with Gasteiger partial charge in [0, 0.05) is 19.0 Å². The minimum Gasteiger partial charge on any atom is -0.294 e. The Balaban J connectivity index is 1.72. The number of ketones is 1. The van der Waals surface area contributed by atoms with E-state index in [0.29, 0.717) is 24.2 Å². The minimum atomic E-state index is -0.270. The maximum Gasteiger partial charge on any atom is 0.252 e. The van der Waals surface area contributed by atoms with Crippen molar-refractivity contribution in [1.82, 2.24) is 19.6 Å². The summed E-state index contributed by atoms with van der Waals surface area (Å²) in [7, 11) is 0. The van der Waals surface area contributed by atoms with E-state index >= 15 is 0 Å². The quantitative estimate of drug-likeness (QED) is 0.742. The first-order valence-electron chi connectivity index (χ1n) is 8.18. The molecule has 0 amide bonds. The zero-order chi connectivity index (χ0) is 16.7. The maximum absolute atomic E-state index is 13.1. The third-order valence-corrected chi connectivity index (χ3v) is 4.44. The van der Waals surface area contributed by atoms with Gasteiger partial charge < -0.3 is 0 Å². The second-order valence-electron chi connectivity index (χ2n) is 6.20. The maximum atomic E-state index is 13.1. The first-order valence-corrected chi connectivity index (χ1v) is 8.18. The van der Waals surface area contributed by atoms with E-state index in [9.17, 15) is 9.18 Å². The van der Waals surface area contributed by atoms with Crippen LogP contribution in [0.15, 0.2) is 30.5 Å². The van der Waals surface area contributed by atoms with Gasteiger partial charge in [0.15, 0.2) is 11.6 Å². The van der Waals surface area contributed by atoms with Gasteiger partial charge in [0.1, 0.15) is 5.82 Å². The Bertz CT molecular complexity index is 917. The fourth-order valence-corrected chi connectivity index (χ4v) is 3.23. The predicted molar refractivity (Wildman–Crippen MR) is 86.6 cm³/mol. The van der Waals surface area contributed by atoms with Gasteiger partial charge in [0.05, 0.1) is 11.3 Å². The standard InChI is InChI=1S/C18H17FN4O/c1-2-3-17-21-18-20-15-8-12(11-4-6-13(19)7-5-11)9-16(24)14(15)10-23(18)22-17/h4-7,10,12H,2-3,8-9H2,1H3. The third-order valence-electron chi connectivity index (χ3n) is 4.44. The molecular formula is C18H17FN4O. The zero-order valence-electron chi connectivity index (χ0n) is 13.4.